The summed E-state index contributed by atoms with van der Waals surface area (Å²) in [5, 5.41) is 9.98. The van der Waals surface area contributed by atoms with Gasteiger partial charge in [-0.05, 0) is 51.2 Å². The molecule has 0 bridgehead atoms. The summed E-state index contributed by atoms with van der Waals surface area (Å²) < 4.78 is 5.60. The van der Waals surface area contributed by atoms with Gasteiger partial charge in [0.1, 0.15) is 12.0 Å². The fraction of sp³-hybridized carbons (Fsp3) is 0.522. The lowest BCUT2D eigenvalue weighted by Crippen LogP contribution is -2.47. The molecule has 4 rings (SSSR count). The molecule has 1 aromatic heterocycles. The van der Waals surface area contributed by atoms with Crippen LogP contribution in [0.15, 0.2) is 46.0 Å². The number of rotatable bonds is 7. The smallest absolute Gasteiger partial charge is 0.226 e. The van der Waals surface area contributed by atoms with E-state index in [-0.39, 0.29) is 17.9 Å². The Hall–Kier alpha value is -2.83. The first-order chi connectivity index (χ1) is 14.7. The third kappa shape index (κ3) is 5.62. The summed E-state index contributed by atoms with van der Waals surface area (Å²) in [7, 11) is 0. The number of hydrogen-bond donors (Lipinski definition) is 3. The Morgan fingerprint density at radius 1 is 1.13 bits per heavy atom. The highest BCUT2D eigenvalue weighted by atomic mass is 16.3. The molecule has 0 saturated heterocycles. The van der Waals surface area contributed by atoms with Gasteiger partial charge in [0, 0.05) is 30.1 Å². The molecule has 2 fully saturated rings. The largest absolute Gasteiger partial charge is 0.444 e. The van der Waals surface area contributed by atoms with Crippen LogP contribution in [0.1, 0.15) is 51.1 Å². The van der Waals surface area contributed by atoms with Gasteiger partial charge in [-0.3, -0.25) is 4.79 Å². The molecule has 1 amide bonds. The topological polar surface area (TPSA) is 91.6 Å². The van der Waals surface area contributed by atoms with Gasteiger partial charge in [-0.15, -0.1) is 0 Å². The Morgan fingerprint density at radius 2 is 1.97 bits per heavy atom. The van der Waals surface area contributed by atoms with Gasteiger partial charge in [0.05, 0.1) is 6.54 Å². The summed E-state index contributed by atoms with van der Waals surface area (Å²) in [6, 6.07) is 10.5. The van der Waals surface area contributed by atoms with Crippen molar-refractivity contribution in [3.63, 3.8) is 0 Å². The highest BCUT2D eigenvalue weighted by molar-refractivity contribution is 5.81. The number of oxazole rings is 1. The van der Waals surface area contributed by atoms with E-state index in [0.717, 1.165) is 62.3 Å². The number of aromatic nitrogens is 1. The SMILES string of the molecule is CCNC(=NCc1coc(-c2ccccc2)n1)NC1CCCC(C(=O)NC2CC2)C1. The number of nitrogens with zero attached hydrogens (tertiary/aromatic N) is 2. The Morgan fingerprint density at radius 3 is 2.73 bits per heavy atom. The van der Waals surface area contributed by atoms with Gasteiger partial charge in [0.15, 0.2) is 5.96 Å². The second-order valence-corrected chi connectivity index (χ2v) is 8.19. The van der Waals surface area contributed by atoms with Gasteiger partial charge < -0.3 is 20.4 Å². The summed E-state index contributed by atoms with van der Waals surface area (Å²) in [4.78, 5) is 21.7. The molecule has 3 N–H and O–H groups in total. The van der Waals surface area contributed by atoms with E-state index in [1.54, 1.807) is 6.26 Å². The number of hydrogen-bond acceptors (Lipinski definition) is 4. The van der Waals surface area contributed by atoms with E-state index in [1.807, 2.05) is 37.3 Å². The van der Waals surface area contributed by atoms with Gasteiger partial charge in [-0.2, -0.15) is 0 Å². The number of benzene rings is 1. The van der Waals surface area contributed by atoms with Crippen molar-refractivity contribution in [1.29, 1.82) is 0 Å². The Balaban J connectivity index is 1.34. The molecule has 2 aromatic rings. The van der Waals surface area contributed by atoms with Crippen molar-refractivity contribution in [3.8, 4) is 11.5 Å². The molecular weight excluding hydrogens is 378 g/mol. The predicted octanol–water partition coefficient (Wildman–Crippen LogP) is 3.23. The predicted molar refractivity (Wildman–Crippen MR) is 117 cm³/mol. The number of aliphatic imine (C=N–C) groups is 1. The minimum absolute atomic E-state index is 0.101. The van der Waals surface area contributed by atoms with Crippen LogP contribution in [0.3, 0.4) is 0 Å². The van der Waals surface area contributed by atoms with Crippen LogP contribution >= 0.6 is 0 Å². The van der Waals surface area contributed by atoms with Crippen LogP contribution in [-0.4, -0.2) is 35.5 Å². The average Bonchev–Trinajstić information content (AvgIpc) is 3.46. The fourth-order valence-electron chi connectivity index (χ4n) is 3.87. The molecule has 0 aliphatic heterocycles. The maximum atomic E-state index is 12.4. The molecule has 0 spiro atoms. The van der Waals surface area contributed by atoms with Crippen molar-refractivity contribution in [2.75, 3.05) is 6.54 Å². The van der Waals surface area contributed by atoms with Gasteiger partial charge in [-0.25, -0.2) is 9.98 Å². The average molecular weight is 410 g/mol. The van der Waals surface area contributed by atoms with Gasteiger partial charge in [-0.1, -0.05) is 24.6 Å². The van der Waals surface area contributed by atoms with Crippen LogP contribution in [0.2, 0.25) is 0 Å². The van der Waals surface area contributed by atoms with Crippen LogP contribution < -0.4 is 16.0 Å². The van der Waals surface area contributed by atoms with E-state index < -0.39 is 0 Å². The highest BCUT2D eigenvalue weighted by Crippen LogP contribution is 2.27. The molecule has 2 aliphatic rings. The van der Waals surface area contributed by atoms with Crippen molar-refractivity contribution >= 4 is 11.9 Å². The minimum atomic E-state index is 0.101. The van der Waals surface area contributed by atoms with Crippen LogP contribution in [0.25, 0.3) is 11.5 Å². The lowest BCUT2D eigenvalue weighted by atomic mass is 9.85. The second kappa shape index (κ2) is 9.78. The van der Waals surface area contributed by atoms with Gasteiger partial charge in [0.2, 0.25) is 11.8 Å². The van der Waals surface area contributed by atoms with Crippen LogP contribution in [0.4, 0.5) is 0 Å². The van der Waals surface area contributed by atoms with Crippen molar-refractivity contribution in [3.05, 3.63) is 42.3 Å². The summed E-state index contributed by atoms with van der Waals surface area (Å²) in [5.74, 6) is 1.69. The molecule has 7 nitrogen and oxygen atoms in total. The van der Waals surface area contributed by atoms with E-state index in [1.165, 1.54) is 0 Å². The zero-order chi connectivity index (χ0) is 20.8. The summed E-state index contributed by atoms with van der Waals surface area (Å²) >= 11 is 0. The molecular formula is C23H31N5O2. The van der Waals surface area contributed by atoms with Crippen molar-refractivity contribution < 1.29 is 9.21 Å². The first kappa shape index (κ1) is 20.4. The summed E-state index contributed by atoms with van der Waals surface area (Å²) in [6.07, 6.45) is 7.87. The van der Waals surface area contributed by atoms with Crippen LogP contribution in [0.5, 0.6) is 0 Å². The molecule has 7 heteroatoms. The third-order valence-electron chi connectivity index (χ3n) is 5.63. The molecule has 160 valence electrons. The van der Waals surface area contributed by atoms with Gasteiger partial charge in [0.25, 0.3) is 0 Å². The lowest BCUT2D eigenvalue weighted by molar-refractivity contribution is -0.126. The number of amides is 1. The normalized spacial score (nSPS) is 21.8. The molecule has 1 heterocycles. The second-order valence-electron chi connectivity index (χ2n) is 8.19. The monoisotopic (exact) mass is 409 g/mol. The van der Waals surface area contributed by atoms with Crippen LogP contribution in [-0.2, 0) is 11.3 Å². The van der Waals surface area contributed by atoms with Crippen molar-refractivity contribution in [1.82, 2.24) is 20.9 Å². The quantitative estimate of drug-likeness (QED) is 0.482. The minimum Gasteiger partial charge on any atom is -0.444 e. The fourth-order valence-corrected chi connectivity index (χ4v) is 3.87. The molecule has 2 unspecified atom stereocenters. The maximum absolute atomic E-state index is 12.4. The van der Waals surface area contributed by atoms with E-state index in [0.29, 0.717) is 18.5 Å². The van der Waals surface area contributed by atoms with Gasteiger partial charge >= 0.3 is 0 Å². The molecule has 1 aromatic carbocycles. The highest BCUT2D eigenvalue weighted by Gasteiger charge is 2.31. The zero-order valence-electron chi connectivity index (χ0n) is 17.6. The molecule has 2 aliphatic carbocycles. The summed E-state index contributed by atoms with van der Waals surface area (Å²) in [6.45, 7) is 3.26. The number of guanidine groups is 1. The van der Waals surface area contributed by atoms with E-state index in [4.69, 9.17) is 4.42 Å². The van der Waals surface area contributed by atoms with Crippen molar-refractivity contribution in [2.24, 2.45) is 10.9 Å². The Kier molecular flexibility index (Phi) is 6.67. The van der Waals surface area contributed by atoms with Crippen LogP contribution in [0, 0.1) is 5.92 Å². The summed E-state index contributed by atoms with van der Waals surface area (Å²) in [5.41, 5.74) is 1.74. The number of nitrogens with one attached hydrogen (secondary N) is 3. The number of carbonyl (C=O) groups is 1. The van der Waals surface area contributed by atoms with E-state index in [2.05, 4.69) is 25.9 Å². The lowest BCUT2D eigenvalue weighted by Gasteiger charge is -2.30. The Bertz CT molecular complexity index is 859. The first-order valence-electron chi connectivity index (χ1n) is 11.1. The Labute approximate surface area is 177 Å². The van der Waals surface area contributed by atoms with E-state index >= 15 is 0 Å². The first-order valence-corrected chi connectivity index (χ1v) is 11.1. The molecule has 30 heavy (non-hydrogen) atoms. The third-order valence-corrected chi connectivity index (χ3v) is 5.63. The maximum Gasteiger partial charge on any atom is 0.226 e. The zero-order valence-corrected chi connectivity index (χ0v) is 17.6. The standard InChI is InChI=1S/C23H31N5O2/c1-2-24-23(25-14-20-15-30-22(27-20)16-7-4-3-5-8-16)28-19-10-6-9-17(13-19)21(29)26-18-11-12-18/h3-5,7-8,15,17-19H,2,6,9-14H2,1H3,(H,26,29)(H2,24,25,28). The van der Waals surface area contributed by atoms with E-state index in [9.17, 15) is 4.79 Å². The van der Waals surface area contributed by atoms with Crippen molar-refractivity contribution in [2.45, 2.75) is 64.1 Å². The molecule has 2 saturated carbocycles. The number of carbonyl (C=O) groups excluding carboxylic acids is 1. The molecule has 0 radical (unpaired) electrons. The molecule has 2 atom stereocenters.